The van der Waals surface area contributed by atoms with Crippen molar-refractivity contribution in [1.29, 1.82) is 0 Å². The molecule has 0 unspecified atom stereocenters. The zero-order valence-electron chi connectivity index (χ0n) is 14.8. The lowest BCUT2D eigenvalue weighted by atomic mass is 9.95. The Labute approximate surface area is 156 Å². The Morgan fingerprint density at radius 3 is 2.54 bits per heavy atom. The molecule has 2 aliphatic heterocycles. The molecule has 7 heteroatoms. The first-order chi connectivity index (χ1) is 12.5. The number of hydrogen-bond donors (Lipinski definition) is 0. The molecule has 0 saturated carbocycles. The first-order valence-corrected chi connectivity index (χ1v) is 9.51. The molecular formula is C19H22F3N3S. The van der Waals surface area contributed by atoms with Crippen molar-refractivity contribution in [2.24, 2.45) is 7.05 Å². The van der Waals surface area contributed by atoms with E-state index in [0.717, 1.165) is 49.6 Å². The molecule has 3 nitrogen and oxygen atoms in total. The van der Waals surface area contributed by atoms with Crippen LogP contribution in [0, 0.1) is 22.2 Å². The van der Waals surface area contributed by atoms with E-state index in [-0.39, 0.29) is 5.56 Å². The van der Waals surface area contributed by atoms with Crippen LogP contribution in [0.1, 0.15) is 35.7 Å². The zero-order chi connectivity index (χ0) is 18.4. The Morgan fingerprint density at radius 1 is 1.12 bits per heavy atom. The third-order valence-electron chi connectivity index (χ3n) is 5.78. The van der Waals surface area contributed by atoms with Gasteiger partial charge in [0.05, 0.1) is 0 Å². The van der Waals surface area contributed by atoms with Gasteiger partial charge in [0, 0.05) is 49.4 Å². The minimum Gasteiger partial charge on any atom is -0.324 e. The summed E-state index contributed by atoms with van der Waals surface area (Å²) in [5.74, 6) is -3.19. The van der Waals surface area contributed by atoms with E-state index in [1.807, 2.05) is 16.2 Å². The minimum absolute atomic E-state index is 0.156. The highest BCUT2D eigenvalue weighted by atomic mass is 32.1. The fourth-order valence-electron chi connectivity index (χ4n) is 4.39. The molecule has 4 rings (SSSR count). The van der Waals surface area contributed by atoms with Crippen LogP contribution in [0.25, 0.3) is 0 Å². The smallest absolute Gasteiger partial charge is 0.179 e. The normalized spacial score (nSPS) is 20.1. The molecule has 0 amide bonds. The molecule has 0 spiro atoms. The Hall–Kier alpha value is -1.60. The highest BCUT2D eigenvalue weighted by molar-refractivity contribution is 7.71. The summed E-state index contributed by atoms with van der Waals surface area (Å²) in [5, 5.41) is 0. The van der Waals surface area contributed by atoms with Crippen molar-refractivity contribution in [2.45, 2.75) is 38.1 Å². The van der Waals surface area contributed by atoms with E-state index in [4.69, 9.17) is 12.2 Å². The number of likely N-dealkylation sites (tertiary alicyclic amines) is 1. The van der Waals surface area contributed by atoms with Gasteiger partial charge in [-0.05, 0) is 56.7 Å². The van der Waals surface area contributed by atoms with Crippen LogP contribution >= 0.6 is 12.2 Å². The molecule has 0 bridgehead atoms. The van der Waals surface area contributed by atoms with E-state index in [1.54, 1.807) is 0 Å². The van der Waals surface area contributed by atoms with Gasteiger partial charge in [-0.1, -0.05) is 0 Å². The van der Waals surface area contributed by atoms with Crippen molar-refractivity contribution >= 4 is 12.2 Å². The van der Waals surface area contributed by atoms with Crippen LogP contribution in [0.3, 0.4) is 0 Å². The maximum absolute atomic E-state index is 14.2. The molecule has 0 radical (unpaired) electrons. The Kier molecular flexibility index (Phi) is 4.69. The molecule has 2 aromatic rings. The second-order valence-corrected chi connectivity index (χ2v) is 7.67. The lowest BCUT2D eigenvalue weighted by Gasteiger charge is -2.16. The number of imidazole rings is 1. The van der Waals surface area contributed by atoms with Crippen LogP contribution in [0.4, 0.5) is 13.2 Å². The highest BCUT2D eigenvalue weighted by Crippen LogP contribution is 2.36. The van der Waals surface area contributed by atoms with Crippen LogP contribution in [0.2, 0.25) is 0 Å². The summed E-state index contributed by atoms with van der Waals surface area (Å²) in [6.45, 7) is 3.61. The fraction of sp³-hybridized carbons (Fsp3) is 0.526. The van der Waals surface area contributed by atoms with E-state index in [1.165, 1.54) is 12.8 Å². The van der Waals surface area contributed by atoms with Gasteiger partial charge in [-0.15, -0.1) is 0 Å². The summed E-state index contributed by atoms with van der Waals surface area (Å²) < 4.78 is 46.6. The van der Waals surface area contributed by atoms with Gasteiger partial charge in [0.1, 0.15) is 5.82 Å². The van der Waals surface area contributed by atoms with Crippen molar-refractivity contribution in [3.05, 3.63) is 51.3 Å². The van der Waals surface area contributed by atoms with E-state index < -0.39 is 23.4 Å². The number of nitrogens with zero attached hydrogens (tertiary/aromatic N) is 3. The first kappa shape index (κ1) is 17.8. The molecule has 1 aromatic heterocycles. The lowest BCUT2D eigenvalue weighted by molar-refractivity contribution is 0.340. The molecule has 0 N–H and O–H groups in total. The molecular weight excluding hydrogens is 359 g/mol. The van der Waals surface area contributed by atoms with Gasteiger partial charge in [-0.25, -0.2) is 13.2 Å². The van der Waals surface area contributed by atoms with E-state index in [2.05, 4.69) is 4.90 Å². The first-order valence-electron chi connectivity index (χ1n) is 9.10. The molecule has 2 aliphatic rings. The molecule has 1 saturated heterocycles. The number of hydrogen-bond acceptors (Lipinski definition) is 2. The van der Waals surface area contributed by atoms with Crippen LogP contribution in [0.5, 0.6) is 0 Å². The predicted molar refractivity (Wildman–Crippen MR) is 96.4 cm³/mol. The SMILES string of the molecule is Cn1c(CCN2CCCC2)c2n(c1=S)C[C@@H](c1c(F)ccc(F)c1F)C2. The van der Waals surface area contributed by atoms with Gasteiger partial charge in [0.25, 0.3) is 0 Å². The van der Waals surface area contributed by atoms with Crippen molar-refractivity contribution < 1.29 is 13.2 Å². The zero-order valence-corrected chi connectivity index (χ0v) is 15.6. The van der Waals surface area contributed by atoms with E-state index in [9.17, 15) is 13.2 Å². The Morgan fingerprint density at radius 2 is 1.81 bits per heavy atom. The fourth-order valence-corrected chi connectivity index (χ4v) is 4.68. The summed E-state index contributed by atoms with van der Waals surface area (Å²) in [6, 6.07) is 1.84. The molecule has 0 aliphatic carbocycles. The van der Waals surface area contributed by atoms with E-state index in [0.29, 0.717) is 17.7 Å². The van der Waals surface area contributed by atoms with Crippen molar-refractivity contribution in [1.82, 2.24) is 14.0 Å². The molecule has 1 atom stereocenters. The average Bonchev–Trinajstić information content (AvgIpc) is 3.32. The standard InChI is InChI=1S/C19H22F3N3S/c1-23-15(6-9-24-7-2-3-8-24)16-10-12(11-25(16)19(23)26)17-13(20)4-5-14(21)18(17)22/h4-5,12H,2-3,6-11H2,1H3/t12-/m0/s1. The maximum atomic E-state index is 14.2. The predicted octanol–water partition coefficient (Wildman–Crippen LogP) is 3.95. The summed E-state index contributed by atoms with van der Waals surface area (Å²) in [4.78, 5) is 2.44. The van der Waals surface area contributed by atoms with Gasteiger partial charge in [0.2, 0.25) is 0 Å². The van der Waals surface area contributed by atoms with Crippen LogP contribution in [-0.2, 0) is 26.4 Å². The van der Waals surface area contributed by atoms with E-state index >= 15 is 0 Å². The molecule has 26 heavy (non-hydrogen) atoms. The monoisotopic (exact) mass is 381 g/mol. The molecule has 3 heterocycles. The summed E-state index contributed by atoms with van der Waals surface area (Å²) in [6.07, 6.45) is 3.83. The Bertz CT molecular complexity index is 896. The third-order valence-corrected chi connectivity index (χ3v) is 6.27. The van der Waals surface area contributed by atoms with Gasteiger partial charge in [-0.2, -0.15) is 0 Å². The topological polar surface area (TPSA) is 13.1 Å². The lowest BCUT2D eigenvalue weighted by Crippen LogP contribution is -2.23. The minimum atomic E-state index is -1.07. The highest BCUT2D eigenvalue weighted by Gasteiger charge is 2.32. The number of fused-ring (bicyclic) bond motifs is 1. The van der Waals surface area contributed by atoms with Crippen LogP contribution < -0.4 is 0 Å². The van der Waals surface area contributed by atoms with Crippen molar-refractivity contribution in [3.8, 4) is 0 Å². The second kappa shape index (κ2) is 6.85. The molecule has 1 fully saturated rings. The number of aromatic nitrogens is 2. The molecule has 140 valence electrons. The van der Waals surface area contributed by atoms with Crippen LogP contribution in [0.15, 0.2) is 12.1 Å². The number of halogens is 3. The Balaban J connectivity index is 1.62. The second-order valence-electron chi connectivity index (χ2n) is 7.30. The summed E-state index contributed by atoms with van der Waals surface area (Å²) in [7, 11) is 1.95. The average molecular weight is 381 g/mol. The quantitative estimate of drug-likeness (QED) is 0.588. The number of benzene rings is 1. The largest absolute Gasteiger partial charge is 0.324 e. The van der Waals surface area contributed by atoms with Gasteiger partial charge >= 0.3 is 0 Å². The van der Waals surface area contributed by atoms with Crippen molar-refractivity contribution in [3.63, 3.8) is 0 Å². The maximum Gasteiger partial charge on any atom is 0.179 e. The van der Waals surface area contributed by atoms with Gasteiger partial charge in [0.15, 0.2) is 16.4 Å². The van der Waals surface area contributed by atoms with Gasteiger partial charge in [-0.3, -0.25) is 0 Å². The molecule has 1 aromatic carbocycles. The summed E-state index contributed by atoms with van der Waals surface area (Å²) in [5.41, 5.74) is 2.00. The van der Waals surface area contributed by atoms with Crippen LogP contribution in [-0.4, -0.2) is 33.7 Å². The van der Waals surface area contributed by atoms with Crippen molar-refractivity contribution in [2.75, 3.05) is 19.6 Å². The number of rotatable bonds is 4. The third kappa shape index (κ3) is 2.91. The summed E-state index contributed by atoms with van der Waals surface area (Å²) >= 11 is 5.53. The van der Waals surface area contributed by atoms with Gasteiger partial charge < -0.3 is 14.0 Å².